The number of halogens is 2. The normalized spacial score (nSPS) is 10.5. The molecule has 0 amide bonds. The van der Waals surface area contributed by atoms with Gasteiger partial charge in [0, 0.05) is 0 Å². The van der Waals surface area contributed by atoms with E-state index in [1.165, 1.54) is 12.1 Å². The summed E-state index contributed by atoms with van der Waals surface area (Å²) in [4.78, 5) is 0. The SMILES string of the molecule is NCCc1ccc(OCc2cccc(F)c2)c(Br)c1. The van der Waals surface area contributed by atoms with Crippen molar-refractivity contribution in [3.8, 4) is 5.75 Å². The van der Waals surface area contributed by atoms with Gasteiger partial charge in [0.15, 0.2) is 0 Å². The lowest BCUT2D eigenvalue weighted by atomic mass is 10.1. The first-order valence-corrected chi connectivity index (χ1v) is 6.84. The van der Waals surface area contributed by atoms with Gasteiger partial charge in [0.05, 0.1) is 4.47 Å². The fourth-order valence-corrected chi connectivity index (χ4v) is 2.31. The second kappa shape index (κ2) is 6.68. The highest BCUT2D eigenvalue weighted by atomic mass is 79.9. The summed E-state index contributed by atoms with van der Waals surface area (Å²) in [6, 6.07) is 12.3. The molecule has 0 saturated heterocycles. The number of hydrogen-bond acceptors (Lipinski definition) is 2. The van der Waals surface area contributed by atoms with E-state index in [2.05, 4.69) is 15.9 Å². The van der Waals surface area contributed by atoms with E-state index in [4.69, 9.17) is 10.5 Å². The van der Waals surface area contributed by atoms with Gasteiger partial charge in [-0.3, -0.25) is 0 Å². The first-order chi connectivity index (χ1) is 9.19. The molecule has 100 valence electrons. The van der Waals surface area contributed by atoms with Crippen molar-refractivity contribution in [2.45, 2.75) is 13.0 Å². The van der Waals surface area contributed by atoms with E-state index in [1.54, 1.807) is 6.07 Å². The van der Waals surface area contributed by atoms with Crippen molar-refractivity contribution in [1.82, 2.24) is 0 Å². The van der Waals surface area contributed by atoms with Crippen LogP contribution in [0, 0.1) is 5.82 Å². The van der Waals surface area contributed by atoms with E-state index < -0.39 is 0 Å². The first kappa shape index (κ1) is 14.0. The lowest BCUT2D eigenvalue weighted by Crippen LogP contribution is -2.03. The highest BCUT2D eigenvalue weighted by molar-refractivity contribution is 9.10. The molecule has 19 heavy (non-hydrogen) atoms. The number of rotatable bonds is 5. The predicted octanol–water partition coefficient (Wildman–Crippen LogP) is 3.67. The van der Waals surface area contributed by atoms with Crippen LogP contribution >= 0.6 is 15.9 Å². The van der Waals surface area contributed by atoms with Crippen LogP contribution in [0.25, 0.3) is 0 Å². The lowest BCUT2D eigenvalue weighted by molar-refractivity contribution is 0.303. The summed E-state index contributed by atoms with van der Waals surface area (Å²) in [7, 11) is 0. The minimum atomic E-state index is -0.251. The zero-order chi connectivity index (χ0) is 13.7. The van der Waals surface area contributed by atoms with Gasteiger partial charge in [0.25, 0.3) is 0 Å². The molecule has 0 aromatic heterocycles. The van der Waals surface area contributed by atoms with E-state index in [0.717, 1.165) is 27.8 Å². The van der Waals surface area contributed by atoms with Crippen molar-refractivity contribution in [3.63, 3.8) is 0 Å². The van der Waals surface area contributed by atoms with Gasteiger partial charge in [-0.1, -0.05) is 18.2 Å². The summed E-state index contributed by atoms with van der Waals surface area (Å²) in [5, 5.41) is 0. The minimum Gasteiger partial charge on any atom is -0.488 e. The van der Waals surface area contributed by atoms with Crippen LogP contribution in [0.2, 0.25) is 0 Å². The van der Waals surface area contributed by atoms with Crippen molar-refractivity contribution in [2.24, 2.45) is 5.73 Å². The molecule has 2 nitrogen and oxygen atoms in total. The van der Waals surface area contributed by atoms with Crippen molar-refractivity contribution < 1.29 is 9.13 Å². The van der Waals surface area contributed by atoms with Gasteiger partial charge in [-0.25, -0.2) is 4.39 Å². The van der Waals surface area contributed by atoms with Crippen molar-refractivity contribution in [2.75, 3.05) is 6.54 Å². The van der Waals surface area contributed by atoms with Crippen molar-refractivity contribution in [3.05, 3.63) is 63.9 Å². The predicted molar refractivity (Wildman–Crippen MR) is 77.6 cm³/mol. The third-order valence-electron chi connectivity index (χ3n) is 2.71. The van der Waals surface area contributed by atoms with E-state index in [1.807, 2.05) is 24.3 Å². The maximum atomic E-state index is 13.0. The van der Waals surface area contributed by atoms with Crippen LogP contribution in [0.15, 0.2) is 46.9 Å². The topological polar surface area (TPSA) is 35.2 Å². The molecule has 0 spiro atoms. The molecule has 0 saturated carbocycles. The van der Waals surface area contributed by atoms with Crippen LogP contribution in [-0.4, -0.2) is 6.54 Å². The van der Waals surface area contributed by atoms with Crippen LogP contribution < -0.4 is 10.5 Å². The fraction of sp³-hybridized carbons (Fsp3) is 0.200. The van der Waals surface area contributed by atoms with Gasteiger partial charge in [-0.2, -0.15) is 0 Å². The molecule has 0 radical (unpaired) electrons. The maximum Gasteiger partial charge on any atom is 0.134 e. The molecule has 0 aliphatic carbocycles. The van der Waals surface area contributed by atoms with Gasteiger partial charge in [-0.15, -0.1) is 0 Å². The van der Waals surface area contributed by atoms with E-state index in [9.17, 15) is 4.39 Å². The molecule has 2 N–H and O–H groups in total. The number of benzene rings is 2. The van der Waals surface area contributed by atoms with E-state index in [0.29, 0.717) is 13.2 Å². The molecule has 0 atom stereocenters. The molecule has 0 heterocycles. The van der Waals surface area contributed by atoms with Gasteiger partial charge >= 0.3 is 0 Å². The summed E-state index contributed by atoms with van der Waals surface area (Å²) in [5.74, 6) is 0.489. The Morgan fingerprint density at radius 3 is 2.63 bits per heavy atom. The monoisotopic (exact) mass is 323 g/mol. The Morgan fingerprint density at radius 2 is 1.95 bits per heavy atom. The summed E-state index contributed by atoms with van der Waals surface area (Å²) in [6.07, 6.45) is 0.836. The van der Waals surface area contributed by atoms with Crippen LogP contribution in [0.5, 0.6) is 5.75 Å². The zero-order valence-electron chi connectivity index (χ0n) is 10.4. The molecule has 2 rings (SSSR count). The summed E-state index contributed by atoms with van der Waals surface area (Å²) >= 11 is 3.47. The third-order valence-corrected chi connectivity index (χ3v) is 3.33. The molecule has 2 aromatic rings. The molecule has 0 aliphatic heterocycles. The highest BCUT2D eigenvalue weighted by Gasteiger charge is 2.03. The van der Waals surface area contributed by atoms with Crippen LogP contribution in [0.3, 0.4) is 0 Å². The minimum absolute atomic E-state index is 0.251. The fourth-order valence-electron chi connectivity index (χ4n) is 1.77. The van der Waals surface area contributed by atoms with Crippen LogP contribution in [-0.2, 0) is 13.0 Å². The maximum absolute atomic E-state index is 13.0. The molecule has 4 heteroatoms. The Balaban J connectivity index is 2.03. The average Bonchev–Trinajstić information content (AvgIpc) is 2.38. The molecular formula is C15H15BrFNO. The number of hydrogen-bond donors (Lipinski definition) is 1. The summed E-state index contributed by atoms with van der Waals surface area (Å²) in [6.45, 7) is 0.961. The molecule has 0 fully saturated rings. The van der Waals surface area contributed by atoms with Crippen molar-refractivity contribution >= 4 is 15.9 Å². The Kier molecular flexibility index (Phi) is 4.93. The first-order valence-electron chi connectivity index (χ1n) is 6.05. The Hall–Kier alpha value is -1.39. The molecule has 0 bridgehead atoms. The Bertz CT molecular complexity index is 560. The highest BCUT2D eigenvalue weighted by Crippen LogP contribution is 2.27. The molecular weight excluding hydrogens is 309 g/mol. The zero-order valence-corrected chi connectivity index (χ0v) is 12.0. The number of nitrogens with two attached hydrogens (primary N) is 1. The number of ether oxygens (including phenoxy) is 1. The van der Waals surface area contributed by atoms with Crippen molar-refractivity contribution in [1.29, 1.82) is 0 Å². The van der Waals surface area contributed by atoms with Gasteiger partial charge in [0.1, 0.15) is 18.2 Å². The average molecular weight is 324 g/mol. The van der Waals surface area contributed by atoms with Gasteiger partial charge in [0.2, 0.25) is 0 Å². The van der Waals surface area contributed by atoms with E-state index >= 15 is 0 Å². The quantitative estimate of drug-likeness (QED) is 0.911. The van der Waals surface area contributed by atoms with E-state index in [-0.39, 0.29) is 5.82 Å². The summed E-state index contributed by atoms with van der Waals surface area (Å²) < 4.78 is 19.6. The Labute approximate surface area is 120 Å². The molecule has 2 aromatic carbocycles. The summed E-state index contributed by atoms with van der Waals surface area (Å²) in [5.41, 5.74) is 7.48. The van der Waals surface area contributed by atoms with Gasteiger partial charge in [-0.05, 0) is 64.3 Å². The molecule has 0 unspecified atom stereocenters. The van der Waals surface area contributed by atoms with Crippen LogP contribution in [0.4, 0.5) is 4.39 Å². The second-order valence-corrected chi connectivity index (χ2v) is 5.08. The smallest absolute Gasteiger partial charge is 0.134 e. The van der Waals surface area contributed by atoms with Gasteiger partial charge < -0.3 is 10.5 Å². The lowest BCUT2D eigenvalue weighted by Gasteiger charge is -2.09. The molecule has 0 aliphatic rings. The standard InChI is InChI=1S/C15H15BrFNO/c16-14-9-11(6-7-18)4-5-15(14)19-10-12-2-1-3-13(17)8-12/h1-5,8-9H,6-7,10,18H2. The van der Waals surface area contributed by atoms with Crippen LogP contribution in [0.1, 0.15) is 11.1 Å². The largest absolute Gasteiger partial charge is 0.488 e. The Morgan fingerprint density at radius 1 is 1.11 bits per heavy atom. The second-order valence-electron chi connectivity index (χ2n) is 4.22. The third kappa shape index (κ3) is 4.04.